The van der Waals surface area contributed by atoms with Crippen molar-refractivity contribution in [2.45, 2.75) is 39.2 Å². The van der Waals surface area contributed by atoms with Gasteiger partial charge in [0.05, 0.1) is 4.47 Å². The fourth-order valence-corrected chi connectivity index (χ4v) is 2.45. The Kier molecular flexibility index (Phi) is 6.09. The predicted octanol–water partition coefficient (Wildman–Crippen LogP) is 3.40. The number of rotatable bonds is 6. The van der Waals surface area contributed by atoms with Gasteiger partial charge in [-0.15, -0.1) is 0 Å². The van der Waals surface area contributed by atoms with E-state index in [9.17, 15) is 4.39 Å². The lowest BCUT2D eigenvalue weighted by molar-refractivity contribution is 0.356. The van der Waals surface area contributed by atoms with Gasteiger partial charge in [0.2, 0.25) is 0 Å². The zero-order chi connectivity index (χ0) is 12.8. The largest absolute Gasteiger partial charge is 0.271 e. The third kappa shape index (κ3) is 4.05. The number of halogens is 2. The minimum Gasteiger partial charge on any atom is -0.271 e. The second kappa shape index (κ2) is 7.09. The molecule has 2 nitrogen and oxygen atoms in total. The van der Waals surface area contributed by atoms with Gasteiger partial charge < -0.3 is 0 Å². The fraction of sp³-hybridized carbons (Fsp3) is 0.538. The van der Waals surface area contributed by atoms with Gasteiger partial charge in [-0.3, -0.25) is 11.3 Å². The molecule has 0 bridgehead atoms. The van der Waals surface area contributed by atoms with Crippen LogP contribution in [0.2, 0.25) is 0 Å². The molecule has 0 aliphatic rings. The molecule has 1 aromatic carbocycles. The molecule has 4 heteroatoms. The maximum atomic E-state index is 13.4. The predicted molar refractivity (Wildman–Crippen MR) is 73.0 cm³/mol. The Bertz CT molecular complexity index is 357. The van der Waals surface area contributed by atoms with Crippen molar-refractivity contribution >= 4 is 15.9 Å². The normalized spacial score (nSPS) is 14.6. The molecule has 1 rings (SSSR count). The minimum absolute atomic E-state index is 0.174. The van der Waals surface area contributed by atoms with E-state index in [-0.39, 0.29) is 11.9 Å². The standard InChI is InChI=1S/C13H20BrFN2/c1-3-5-9(2)12(17-16)8-10-6-4-7-11(15)13(10)14/h4,6-7,9,12,17H,3,5,8,16H2,1-2H3. The maximum absolute atomic E-state index is 13.4. The summed E-state index contributed by atoms with van der Waals surface area (Å²) in [5.41, 5.74) is 3.79. The van der Waals surface area contributed by atoms with Crippen LogP contribution in [-0.4, -0.2) is 6.04 Å². The Hall–Kier alpha value is -0.450. The first-order valence-corrected chi connectivity index (χ1v) is 6.78. The highest BCUT2D eigenvalue weighted by atomic mass is 79.9. The van der Waals surface area contributed by atoms with Gasteiger partial charge in [-0.25, -0.2) is 4.39 Å². The van der Waals surface area contributed by atoms with Crippen LogP contribution in [0.15, 0.2) is 22.7 Å². The van der Waals surface area contributed by atoms with Crippen molar-refractivity contribution in [1.29, 1.82) is 0 Å². The van der Waals surface area contributed by atoms with Gasteiger partial charge in [-0.2, -0.15) is 0 Å². The van der Waals surface area contributed by atoms with Crippen molar-refractivity contribution in [2.24, 2.45) is 11.8 Å². The lowest BCUT2D eigenvalue weighted by Crippen LogP contribution is -2.41. The second-order valence-electron chi connectivity index (χ2n) is 4.46. The van der Waals surface area contributed by atoms with Crippen molar-refractivity contribution in [3.63, 3.8) is 0 Å². The Morgan fingerprint density at radius 3 is 2.76 bits per heavy atom. The van der Waals surface area contributed by atoms with Crippen molar-refractivity contribution in [2.75, 3.05) is 0 Å². The summed E-state index contributed by atoms with van der Waals surface area (Å²) in [6, 6.07) is 5.28. The molecule has 2 unspecified atom stereocenters. The number of nitrogens with one attached hydrogen (secondary N) is 1. The van der Waals surface area contributed by atoms with Gasteiger partial charge in [0, 0.05) is 6.04 Å². The zero-order valence-corrected chi connectivity index (χ0v) is 11.9. The molecular weight excluding hydrogens is 283 g/mol. The van der Waals surface area contributed by atoms with Gasteiger partial charge in [-0.05, 0) is 46.3 Å². The highest BCUT2D eigenvalue weighted by Gasteiger charge is 2.17. The van der Waals surface area contributed by atoms with E-state index in [1.807, 2.05) is 6.07 Å². The lowest BCUT2D eigenvalue weighted by Gasteiger charge is -2.23. The van der Waals surface area contributed by atoms with E-state index in [0.717, 1.165) is 24.8 Å². The lowest BCUT2D eigenvalue weighted by atomic mass is 9.92. The first kappa shape index (κ1) is 14.6. The first-order chi connectivity index (χ1) is 8.10. The van der Waals surface area contributed by atoms with Crippen molar-refractivity contribution in [3.05, 3.63) is 34.1 Å². The summed E-state index contributed by atoms with van der Waals surface area (Å²) in [6.45, 7) is 4.32. The monoisotopic (exact) mass is 302 g/mol. The molecule has 0 radical (unpaired) electrons. The zero-order valence-electron chi connectivity index (χ0n) is 10.3. The molecule has 0 aliphatic heterocycles. The van der Waals surface area contributed by atoms with Gasteiger partial charge in [0.1, 0.15) is 5.82 Å². The molecule has 0 heterocycles. The van der Waals surface area contributed by atoms with Crippen molar-refractivity contribution in [3.8, 4) is 0 Å². The summed E-state index contributed by atoms with van der Waals surface area (Å²) >= 11 is 3.28. The molecule has 2 atom stereocenters. The molecule has 0 aliphatic carbocycles. The summed E-state index contributed by atoms with van der Waals surface area (Å²) in [5.74, 6) is 5.83. The van der Waals surface area contributed by atoms with Crippen LogP contribution in [0.1, 0.15) is 32.3 Å². The Morgan fingerprint density at radius 1 is 1.47 bits per heavy atom. The van der Waals surface area contributed by atoms with Gasteiger partial charge >= 0.3 is 0 Å². The average molecular weight is 303 g/mol. The second-order valence-corrected chi connectivity index (χ2v) is 5.25. The van der Waals surface area contributed by atoms with Crippen LogP contribution in [-0.2, 0) is 6.42 Å². The van der Waals surface area contributed by atoms with Crippen LogP contribution in [0.5, 0.6) is 0 Å². The number of nitrogens with two attached hydrogens (primary N) is 1. The quantitative estimate of drug-likeness (QED) is 0.624. The Labute approximate surface area is 111 Å². The van der Waals surface area contributed by atoms with Crippen molar-refractivity contribution < 1.29 is 4.39 Å². The van der Waals surface area contributed by atoms with Crippen LogP contribution in [0.3, 0.4) is 0 Å². The first-order valence-electron chi connectivity index (χ1n) is 5.99. The Balaban J connectivity index is 2.77. The summed E-state index contributed by atoms with van der Waals surface area (Å²) in [5, 5.41) is 0. The minimum atomic E-state index is -0.221. The molecule has 0 fully saturated rings. The van der Waals surface area contributed by atoms with E-state index in [1.54, 1.807) is 6.07 Å². The smallest absolute Gasteiger partial charge is 0.137 e. The molecule has 0 spiro atoms. The van der Waals surface area contributed by atoms with Gasteiger partial charge in [-0.1, -0.05) is 32.4 Å². The Morgan fingerprint density at radius 2 is 2.18 bits per heavy atom. The molecule has 0 saturated heterocycles. The summed E-state index contributed by atoms with van der Waals surface area (Å²) in [6.07, 6.45) is 2.97. The van der Waals surface area contributed by atoms with Crippen LogP contribution >= 0.6 is 15.9 Å². The third-order valence-electron chi connectivity index (χ3n) is 3.12. The maximum Gasteiger partial charge on any atom is 0.137 e. The molecule has 0 aromatic heterocycles. The molecular formula is C13H20BrFN2. The SMILES string of the molecule is CCCC(C)C(Cc1cccc(F)c1Br)NN. The average Bonchev–Trinajstić information content (AvgIpc) is 2.31. The highest BCUT2D eigenvalue weighted by molar-refractivity contribution is 9.10. The highest BCUT2D eigenvalue weighted by Crippen LogP contribution is 2.23. The van der Waals surface area contributed by atoms with E-state index >= 15 is 0 Å². The van der Waals surface area contributed by atoms with Crippen LogP contribution in [0, 0.1) is 11.7 Å². The molecule has 17 heavy (non-hydrogen) atoms. The number of benzene rings is 1. The molecule has 3 N–H and O–H groups in total. The fourth-order valence-electron chi connectivity index (χ4n) is 2.02. The topological polar surface area (TPSA) is 38.0 Å². The third-order valence-corrected chi connectivity index (χ3v) is 4.00. The van der Waals surface area contributed by atoms with E-state index in [2.05, 4.69) is 35.2 Å². The number of hydrogen-bond donors (Lipinski definition) is 2. The summed E-state index contributed by atoms with van der Waals surface area (Å²) in [4.78, 5) is 0. The van der Waals surface area contributed by atoms with Crippen LogP contribution in [0.25, 0.3) is 0 Å². The number of hydrogen-bond acceptors (Lipinski definition) is 2. The molecule has 1 aromatic rings. The van der Waals surface area contributed by atoms with E-state index in [4.69, 9.17) is 5.84 Å². The van der Waals surface area contributed by atoms with Crippen LogP contribution in [0.4, 0.5) is 4.39 Å². The van der Waals surface area contributed by atoms with Crippen molar-refractivity contribution in [1.82, 2.24) is 5.43 Å². The summed E-state index contributed by atoms with van der Waals surface area (Å²) < 4.78 is 13.9. The molecule has 0 saturated carbocycles. The van der Waals surface area contributed by atoms with Gasteiger partial charge in [0.15, 0.2) is 0 Å². The van der Waals surface area contributed by atoms with E-state index < -0.39 is 0 Å². The molecule has 96 valence electrons. The van der Waals surface area contributed by atoms with E-state index in [1.165, 1.54) is 6.07 Å². The molecule has 0 amide bonds. The summed E-state index contributed by atoms with van der Waals surface area (Å²) in [7, 11) is 0. The van der Waals surface area contributed by atoms with E-state index in [0.29, 0.717) is 10.4 Å². The van der Waals surface area contributed by atoms with Crippen LogP contribution < -0.4 is 11.3 Å². The number of hydrazine groups is 1. The van der Waals surface area contributed by atoms with Gasteiger partial charge in [0.25, 0.3) is 0 Å².